The van der Waals surface area contributed by atoms with E-state index in [1.807, 2.05) is 41.3 Å². The zero-order valence-electron chi connectivity index (χ0n) is 15.9. The van der Waals surface area contributed by atoms with Gasteiger partial charge in [0.05, 0.1) is 12.7 Å². The van der Waals surface area contributed by atoms with Crippen LogP contribution in [-0.2, 0) is 13.1 Å². The van der Waals surface area contributed by atoms with Crippen LogP contribution in [0.15, 0.2) is 66.9 Å². The van der Waals surface area contributed by atoms with E-state index in [2.05, 4.69) is 39.5 Å². The fourth-order valence-electron chi connectivity index (χ4n) is 3.58. The molecule has 0 aliphatic carbocycles. The molecule has 1 saturated heterocycles. The molecule has 1 fully saturated rings. The average Bonchev–Trinajstić information content (AvgIpc) is 3.07. The normalized spacial score (nSPS) is 15.4. The Balaban J connectivity index is 1.35. The molecule has 0 spiro atoms. The Kier molecular flexibility index (Phi) is 5.77. The smallest absolute Gasteiger partial charge is 0.276 e. The first-order valence-electron chi connectivity index (χ1n) is 9.77. The molecule has 4 rings (SSSR count). The van der Waals surface area contributed by atoms with Crippen LogP contribution < -0.4 is 0 Å². The van der Waals surface area contributed by atoms with Gasteiger partial charge < -0.3 is 4.90 Å². The zero-order chi connectivity index (χ0) is 19.2. The molecule has 0 unspecified atom stereocenters. The van der Waals surface area contributed by atoms with E-state index in [1.54, 1.807) is 10.9 Å². The van der Waals surface area contributed by atoms with Crippen LogP contribution in [0.3, 0.4) is 0 Å². The van der Waals surface area contributed by atoms with Crippen molar-refractivity contribution in [2.24, 2.45) is 0 Å². The quantitative estimate of drug-likeness (QED) is 0.688. The maximum atomic E-state index is 12.9. The number of rotatable bonds is 5. The van der Waals surface area contributed by atoms with Gasteiger partial charge in [0.15, 0.2) is 5.69 Å². The molecule has 1 aliphatic rings. The molecule has 0 radical (unpaired) electrons. The van der Waals surface area contributed by atoms with Crippen LogP contribution in [0.2, 0.25) is 0 Å². The third kappa shape index (κ3) is 4.64. The van der Waals surface area contributed by atoms with Gasteiger partial charge in [-0.25, -0.2) is 4.68 Å². The van der Waals surface area contributed by atoms with Gasteiger partial charge in [-0.2, -0.15) is 0 Å². The van der Waals surface area contributed by atoms with Crippen LogP contribution in [0.5, 0.6) is 0 Å². The molecule has 1 aliphatic heterocycles. The summed E-state index contributed by atoms with van der Waals surface area (Å²) in [6, 6.07) is 20.5. The van der Waals surface area contributed by atoms with Gasteiger partial charge in [-0.15, -0.1) is 5.10 Å². The van der Waals surface area contributed by atoms with Crippen molar-refractivity contribution >= 4 is 5.91 Å². The number of nitrogens with zero attached hydrogens (tertiary/aromatic N) is 5. The Morgan fingerprint density at radius 3 is 2.21 bits per heavy atom. The largest absolute Gasteiger partial charge is 0.336 e. The van der Waals surface area contributed by atoms with Gasteiger partial charge in [0, 0.05) is 32.7 Å². The van der Waals surface area contributed by atoms with Gasteiger partial charge >= 0.3 is 0 Å². The molecule has 3 aromatic rings. The molecule has 0 atom stereocenters. The molecular formula is C22H25N5O. The van der Waals surface area contributed by atoms with Crippen molar-refractivity contribution in [3.63, 3.8) is 0 Å². The lowest BCUT2D eigenvalue weighted by molar-refractivity contribution is 0.0755. The van der Waals surface area contributed by atoms with Crippen molar-refractivity contribution in [2.45, 2.75) is 19.5 Å². The van der Waals surface area contributed by atoms with E-state index in [-0.39, 0.29) is 5.91 Å². The van der Waals surface area contributed by atoms with Crippen molar-refractivity contribution in [3.05, 3.63) is 83.7 Å². The highest BCUT2D eigenvalue weighted by molar-refractivity contribution is 5.91. The summed E-state index contributed by atoms with van der Waals surface area (Å²) < 4.78 is 1.72. The van der Waals surface area contributed by atoms with Gasteiger partial charge in [0.25, 0.3) is 5.91 Å². The van der Waals surface area contributed by atoms with Gasteiger partial charge in [0.2, 0.25) is 0 Å². The highest BCUT2D eigenvalue weighted by atomic mass is 16.2. The van der Waals surface area contributed by atoms with E-state index in [0.717, 1.165) is 44.7 Å². The number of aromatic nitrogens is 3. The van der Waals surface area contributed by atoms with E-state index in [4.69, 9.17) is 0 Å². The molecule has 1 amide bonds. The van der Waals surface area contributed by atoms with Crippen molar-refractivity contribution in [1.29, 1.82) is 0 Å². The summed E-state index contributed by atoms with van der Waals surface area (Å²) in [4.78, 5) is 17.2. The van der Waals surface area contributed by atoms with Gasteiger partial charge in [-0.05, 0) is 17.5 Å². The molecule has 0 bridgehead atoms. The van der Waals surface area contributed by atoms with E-state index in [0.29, 0.717) is 12.2 Å². The van der Waals surface area contributed by atoms with Crippen LogP contribution in [-0.4, -0.2) is 56.9 Å². The summed E-state index contributed by atoms with van der Waals surface area (Å²) in [5, 5.41) is 8.24. The van der Waals surface area contributed by atoms with Gasteiger partial charge in [-0.1, -0.05) is 65.9 Å². The monoisotopic (exact) mass is 375 g/mol. The first-order valence-corrected chi connectivity index (χ1v) is 9.77. The Morgan fingerprint density at radius 2 is 1.50 bits per heavy atom. The Labute approximate surface area is 165 Å². The molecule has 6 nitrogen and oxygen atoms in total. The molecule has 1 aromatic heterocycles. The summed E-state index contributed by atoms with van der Waals surface area (Å²) in [6.07, 6.45) is 2.72. The minimum Gasteiger partial charge on any atom is -0.336 e. The molecular weight excluding hydrogens is 350 g/mol. The summed E-state index contributed by atoms with van der Waals surface area (Å²) in [6.45, 7) is 4.90. The third-order valence-corrected chi connectivity index (χ3v) is 5.07. The molecule has 0 saturated carbocycles. The van der Waals surface area contributed by atoms with E-state index >= 15 is 0 Å². The van der Waals surface area contributed by atoms with E-state index in [9.17, 15) is 4.79 Å². The number of carbonyl (C=O) groups excluding carboxylic acids is 1. The number of amides is 1. The Hall–Kier alpha value is -2.99. The number of hydrogen-bond donors (Lipinski definition) is 0. The van der Waals surface area contributed by atoms with Gasteiger partial charge in [-0.3, -0.25) is 9.69 Å². The molecule has 2 aromatic carbocycles. The summed E-state index contributed by atoms with van der Waals surface area (Å²) in [7, 11) is 0. The van der Waals surface area contributed by atoms with Crippen LogP contribution in [0.1, 0.15) is 28.0 Å². The Bertz CT molecular complexity index is 894. The lowest BCUT2D eigenvalue weighted by atomic mass is 10.2. The predicted octanol–water partition coefficient (Wildman–Crippen LogP) is 2.67. The fourth-order valence-corrected chi connectivity index (χ4v) is 3.58. The third-order valence-electron chi connectivity index (χ3n) is 5.07. The van der Waals surface area contributed by atoms with Crippen molar-refractivity contribution in [2.75, 3.05) is 26.2 Å². The number of benzene rings is 2. The average molecular weight is 375 g/mol. The maximum Gasteiger partial charge on any atom is 0.276 e. The minimum atomic E-state index is -0.0270. The SMILES string of the molecule is O=C(c1cn(Cc2ccccc2)nn1)N1CCCN(Cc2ccccc2)CC1. The van der Waals surface area contributed by atoms with Crippen LogP contribution in [0.4, 0.5) is 0 Å². The van der Waals surface area contributed by atoms with Crippen molar-refractivity contribution in [1.82, 2.24) is 24.8 Å². The predicted molar refractivity (Wildman–Crippen MR) is 108 cm³/mol. The summed E-state index contributed by atoms with van der Waals surface area (Å²) in [5.41, 5.74) is 2.87. The van der Waals surface area contributed by atoms with Crippen molar-refractivity contribution < 1.29 is 4.79 Å². The topological polar surface area (TPSA) is 54.3 Å². The molecule has 144 valence electrons. The summed E-state index contributed by atoms with van der Waals surface area (Å²) >= 11 is 0. The zero-order valence-corrected chi connectivity index (χ0v) is 15.9. The highest BCUT2D eigenvalue weighted by Crippen LogP contribution is 2.11. The second kappa shape index (κ2) is 8.80. The van der Waals surface area contributed by atoms with E-state index < -0.39 is 0 Å². The van der Waals surface area contributed by atoms with E-state index in [1.165, 1.54) is 5.56 Å². The minimum absolute atomic E-state index is 0.0270. The molecule has 28 heavy (non-hydrogen) atoms. The second-order valence-corrected chi connectivity index (χ2v) is 7.19. The molecule has 6 heteroatoms. The summed E-state index contributed by atoms with van der Waals surface area (Å²) in [5.74, 6) is -0.0270. The first-order chi connectivity index (χ1) is 13.8. The molecule has 0 N–H and O–H groups in total. The lowest BCUT2D eigenvalue weighted by Gasteiger charge is -2.21. The van der Waals surface area contributed by atoms with Crippen molar-refractivity contribution in [3.8, 4) is 0 Å². The highest BCUT2D eigenvalue weighted by Gasteiger charge is 2.22. The number of hydrogen-bond acceptors (Lipinski definition) is 4. The van der Waals surface area contributed by atoms with Gasteiger partial charge in [0.1, 0.15) is 0 Å². The van der Waals surface area contributed by atoms with Crippen LogP contribution in [0.25, 0.3) is 0 Å². The molecule has 2 heterocycles. The maximum absolute atomic E-state index is 12.9. The lowest BCUT2D eigenvalue weighted by Crippen LogP contribution is -2.35. The second-order valence-electron chi connectivity index (χ2n) is 7.19. The number of carbonyl (C=O) groups is 1. The Morgan fingerprint density at radius 1 is 0.821 bits per heavy atom. The first kappa shape index (κ1) is 18.4. The standard InChI is InChI=1S/C22H25N5O/c28-22(21-18-27(24-23-21)17-20-10-5-2-6-11-20)26-13-7-12-25(14-15-26)16-19-8-3-1-4-9-19/h1-6,8-11,18H,7,12-17H2. The fraction of sp³-hybridized carbons (Fsp3) is 0.318. The van der Waals surface area contributed by atoms with Crippen LogP contribution in [0, 0.1) is 0 Å². The van der Waals surface area contributed by atoms with Crippen LogP contribution >= 0.6 is 0 Å².